The number of sulfonamides is 1. The summed E-state index contributed by atoms with van der Waals surface area (Å²) in [5.41, 5.74) is 2.03. The third-order valence-electron chi connectivity index (χ3n) is 4.33. The van der Waals surface area contributed by atoms with E-state index in [2.05, 4.69) is 10.1 Å². The molecule has 0 aliphatic carbocycles. The minimum absolute atomic E-state index is 0.162. The fraction of sp³-hybridized carbons (Fsp3) is 0.300. The number of nitrogens with zero attached hydrogens (tertiary/aromatic N) is 3. The number of aromatic nitrogens is 2. The van der Waals surface area contributed by atoms with Gasteiger partial charge in [-0.2, -0.15) is 4.98 Å². The molecular weight excluding hydrogens is 378 g/mol. The number of hydrogen-bond acceptors (Lipinski definition) is 6. The van der Waals surface area contributed by atoms with Crippen LogP contribution in [0.4, 0.5) is 0 Å². The first-order valence-electron chi connectivity index (χ1n) is 8.89. The summed E-state index contributed by atoms with van der Waals surface area (Å²) >= 11 is 0. The summed E-state index contributed by atoms with van der Waals surface area (Å²) in [4.78, 5) is 4.53. The van der Waals surface area contributed by atoms with Crippen LogP contribution in [0.15, 0.2) is 57.9 Å². The van der Waals surface area contributed by atoms with E-state index >= 15 is 0 Å². The van der Waals surface area contributed by atoms with Crippen LogP contribution in [-0.2, 0) is 23.1 Å². The molecule has 1 aromatic heterocycles. The zero-order valence-electron chi connectivity index (χ0n) is 16.1. The Balaban J connectivity index is 1.56. The molecule has 7 nitrogen and oxygen atoms in total. The zero-order valence-corrected chi connectivity index (χ0v) is 16.9. The van der Waals surface area contributed by atoms with Gasteiger partial charge in [-0.15, -0.1) is 0 Å². The van der Waals surface area contributed by atoms with Crippen LogP contribution in [0.2, 0.25) is 0 Å². The molecule has 0 N–H and O–H groups in total. The zero-order chi connectivity index (χ0) is 20.1. The predicted octanol–water partition coefficient (Wildman–Crippen LogP) is 3.13. The molecule has 8 heteroatoms. The lowest BCUT2D eigenvalue weighted by atomic mass is 10.2. The van der Waals surface area contributed by atoms with E-state index in [1.807, 2.05) is 38.1 Å². The summed E-state index contributed by atoms with van der Waals surface area (Å²) in [7, 11) is -2.01. The lowest BCUT2D eigenvalue weighted by Crippen LogP contribution is -2.29. The molecule has 3 rings (SSSR count). The average molecular weight is 401 g/mol. The second-order valence-electron chi connectivity index (χ2n) is 6.55. The maximum absolute atomic E-state index is 12.6. The van der Waals surface area contributed by atoms with Crippen molar-refractivity contribution in [2.45, 2.75) is 31.8 Å². The first kappa shape index (κ1) is 20.0. The summed E-state index contributed by atoms with van der Waals surface area (Å²) in [5, 5.41) is 3.90. The molecule has 3 aromatic rings. The average Bonchev–Trinajstić information content (AvgIpc) is 3.13. The number of benzene rings is 2. The second kappa shape index (κ2) is 8.53. The van der Waals surface area contributed by atoms with Crippen LogP contribution in [0, 0.1) is 13.8 Å². The quantitative estimate of drug-likeness (QED) is 0.576. The Kier molecular flexibility index (Phi) is 6.11. The Morgan fingerprint density at radius 3 is 2.50 bits per heavy atom. The SMILES string of the molecule is Cc1ccc(S(=O)(=O)N(C)CCc2noc(COc3ccccc3C)n2)cc1. The van der Waals surface area contributed by atoms with Crippen molar-refractivity contribution in [1.29, 1.82) is 0 Å². The highest BCUT2D eigenvalue weighted by Gasteiger charge is 2.21. The van der Waals surface area contributed by atoms with Gasteiger partial charge in [0, 0.05) is 20.0 Å². The van der Waals surface area contributed by atoms with E-state index in [0.29, 0.717) is 18.1 Å². The molecule has 148 valence electrons. The highest BCUT2D eigenvalue weighted by molar-refractivity contribution is 7.89. The maximum Gasteiger partial charge on any atom is 0.264 e. The van der Waals surface area contributed by atoms with Gasteiger partial charge in [0.2, 0.25) is 10.0 Å². The van der Waals surface area contributed by atoms with Crippen LogP contribution in [0.25, 0.3) is 0 Å². The van der Waals surface area contributed by atoms with Crippen LogP contribution >= 0.6 is 0 Å². The maximum atomic E-state index is 12.6. The number of para-hydroxylation sites is 1. The predicted molar refractivity (Wildman–Crippen MR) is 105 cm³/mol. The number of hydrogen-bond donors (Lipinski definition) is 0. The van der Waals surface area contributed by atoms with Crippen LogP contribution in [0.5, 0.6) is 5.75 Å². The van der Waals surface area contributed by atoms with E-state index in [1.54, 1.807) is 24.3 Å². The Morgan fingerprint density at radius 2 is 1.79 bits per heavy atom. The lowest BCUT2D eigenvalue weighted by Gasteiger charge is -2.16. The van der Waals surface area contributed by atoms with Crippen molar-refractivity contribution in [3.05, 3.63) is 71.4 Å². The van der Waals surface area contributed by atoms with Gasteiger partial charge in [0.1, 0.15) is 5.75 Å². The topological polar surface area (TPSA) is 85.5 Å². The van der Waals surface area contributed by atoms with Crippen molar-refractivity contribution in [2.75, 3.05) is 13.6 Å². The molecule has 0 aliphatic rings. The summed E-state index contributed by atoms with van der Waals surface area (Å²) < 4.78 is 37.4. The third kappa shape index (κ3) is 4.76. The van der Waals surface area contributed by atoms with E-state index in [4.69, 9.17) is 9.26 Å². The van der Waals surface area contributed by atoms with E-state index in [9.17, 15) is 8.42 Å². The van der Waals surface area contributed by atoms with Gasteiger partial charge in [0.05, 0.1) is 4.90 Å². The van der Waals surface area contributed by atoms with Gasteiger partial charge in [-0.3, -0.25) is 0 Å². The normalized spacial score (nSPS) is 11.7. The molecule has 0 bridgehead atoms. The molecule has 0 saturated carbocycles. The Bertz CT molecular complexity index is 1030. The van der Waals surface area contributed by atoms with E-state index in [0.717, 1.165) is 16.9 Å². The number of rotatable bonds is 8. The van der Waals surface area contributed by atoms with Crippen molar-refractivity contribution < 1.29 is 17.7 Å². The standard InChI is InChI=1S/C20H23N3O4S/c1-15-8-10-17(11-9-15)28(24,25)23(3)13-12-19-21-20(27-22-19)14-26-18-7-5-4-6-16(18)2/h4-11H,12-14H2,1-3H3. The lowest BCUT2D eigenvalue weighted by molar-refractivity contribution is 0.241. The number of likely N-dealkylation sites (N-methyl/N-ethyl adjacent to an activating group) is 1. The summed E-state index contributed by atoms with van der Waals surface area (Å²) in [6, 6.07) is 14.4. The fourth-order valence-electron chi connectivity index (χ4n) is 2.58. The van der Waals surface area contributed by atoms with Gasteiger partial charge >= 0.3 is 0 Å². The Morgan fingerprint density at radius 1 is 1.07 bits per heavy atom. The van der Waals surface area contributed by atoms with Crippen molar-refractivity contribution in [2.24, 2.45) is 0 Å². The number of ether oxygens (including phenoxy) is 1. The van der Waals surface area contributed by atoms with E-state index < -0.39 is 10.0 Å². The van der Waals surface area contributed by atoms with Crippen molar-refractivity contribution in [3.8, 4) is 5.75 Å². The molecule has 1 heterocycles. The van der Waals surface area contributed by atoms with Crippen LogP contribution in [-0.4, -0.2) is 36.5 Å². The molecule has 28 heavy (non-hydrogen) atoms. The third-order valence-corrected chi connectivity index (χ3v) is 6.21. The van der Waals surface area contributed by atoms with Gasteiger partial charge < -0.3 is 9.26 Å². The summed E-state index contributed by atoms with van der Waals surface area (Å²) in [6.45, 7) is 4.28. The molecule has 0 atom stereocenters. The van der Waals surface area contributed by atoms with E-state index in [1.165, 1.54) is 11.4 Å². The highest BCUT2D eigenvalue weighted by Crippen LogP contribution is 2.18. The molecule has 0 unspecified atom stereocenters. The largest absolute Gasteiger partial charge is 0.483 e. The molecule has 0 amide bonds. The highest BCUT2D eigenvalue weighted by atomic mass is 32.2. The monoisotopic (exact) mass is 401 g/mol. The molecule has 2 aromatic carbocycles. The van der Waals surface area contributed by atoms with Gasteiger partial charge in [-0.1, -0.05) is 41.1 Å². The van der Waals surface area contributed by atoms with Crippen LogP contribution < -0.4 is 4.74 Å². The Hall–Kier alpha value is -2.71. The van der Waals surface area contributed by atoms with Crippen molar-refractivity contribution in [3.63, 3.8) is 0 Å². The first-order chi connectivity index (χ1) is 13.4. The molecule has 0 spiro atoms. The second-order valence-corrected chi connectivity index (χ2v) is 8.59. The molecule has 0 saturated heterocycles. The first-order valence-corrected chi connectivity index (χ1v) is 10.3. The minimum atomic E-state index is -3.55. The summed E-state index contributed by atoms with van der Waals surface area (Å²) in [6.07, 6.45) is 0.343. The summed E-state index contributed by atoms with van der Waals surface area (Å²) in [5.74, 6) is 1.54. The Labute approximate surface area is 165 Å². The van der Waals surface area contributed by atoms with Crippen LogP contribution in [0.3, 0.4) is 0 Å². The molecule has 0 aliphatic heterocycles. The molecular formula is C20H23N3O4S. The smallest absolute Gasteiger partial charge is 0.264 e. The molecule has 0 fully saturated rings. The number of aryl methyl sites for hydroxylation is 2. The van der Waals surface area contributed by atoms with Gasteiger partial charge in [-0.05, 0) is 37.6 Å². The van der Waals surface area contributed by atoms with Gasteiger partial charge in [0.15, 0.2) is 12.4 Å². The van der Waals surface area contributed by atoms with Crippen LogP contribution in [0.1, 0.15) is 22.8 Å². The van der Waals surface area contributed by atoms with Crippen molar-refractivity contribution >= 4 is 10.0 Å². The van der Waals surface area contributed by atoms with Crippen molar-refractivity contribution in [1.82, 2.24) is 14.4 Å². The van der Waals surface area contributed by atoms with E-state index in [-0.39, 0.29) is 18.0 Å². The molecule has 0 radical (unpaired) electrons. The van der Waals surface area contributed by atoms with Gasteiger partial charge in [0.25, 0.3) is 5.89 Å². The minimum Gasteiger partial charge on any atom is -0.483 e. The fourth-order valence-corrected chi connectivity index (χ4v) is 3.75. The van der Waals surface area contributed by atoms with Gasteiger partial charge in [-0.25, -0.2) is 12.7 Å².